The summed E-state index contributed by atoms with van der Waals surface area (Å²) in [7, 11) is 0. The first-order valence-electron chi connectivity index (χ1n) is 16.8. The predicted molar refractivity (Wildman–Crippen MR) is 178 cm³/mol. The lowest BCUT2D eigenvalue weighted by Crippen LogP contribution is -2.32. The van der Waals surface area contributed by atoms with Crippen molar-refractivity contribution in [1.29, 1.82) is 0 Å². The molecule has 2 rings (SSSR count). The summed E-state index contributed by atoms with van der Waals surface area (Å²) in [5, 5.41) is 9.74. The normalized spacial score (nSPS) is 31.5. The smallest absolute Gasteiger partial charge is 0.306 e. The van der Waals surface area contributed by atoms with Crippen LogP contribution in [0.4, 0.5) is 0 Å². The molecule has 0 aromatic heterocycles. The number of hydrogen-bond acceptors (Lipinski definition) is 3. The van der Waals surface area contributed by atoms with Crippen molar-refractivity contribution in [2.75, 3.05) is 26.4 Å². The molecule has 42 heavy (non-hydrogen) atoms. The molecule has 234 valence electrons. The number of ether oxygens (including phenoxy) is 2. The first-order valence-corrected chi connectivity index (χ1v) is 16.8. The molecule has 4 heteroatoms. The highest BCUT2D eigenvalue weighted by molar-refractivity contribution is 5.70. The van der Waals surface area contributed by atoms with Crippen molar-refractivity contribution in [3.8, 4) is 0 Å². The summed E-state index contributed by atoms with van der Waals surface area (Å²) in [4.78, 5) is 11.8. The van der Waals surface area contributed by atoms with Crippen LogP contribution in [0.3, 0.4) is 0 Å². The monoisotopic (exact) mass is 578 g/mol. The molecule has 3 unspecified atom stereocenters. The average molecular weight is 579 g/mol. The number of rotatable bonds is 1. The lowest BCUT2D eigenvalue weighted by atomic mass is 9.72. The number of fused-ring (bicyclic) bond motifs is 2. The van der Waals surface area contributed by atoms with E-state index < -0.39 is 5.97 Å². The van der Waals surface area contributed by atoms with Gasteiger partial charge in [-0.3, -0.25) is 4.79 Å². The van der Waals surface area contributed by atoms with Gasteiger partial charge in [0, 0.05) is 26.4 Å². The molecule has 0 amide bonds. The zero-order chi connectivity index (χ0) is 29.8. The van der Waals surface area contributed by atoms with Gasteiger partial charge in [-0.05, 0) is 82.5 Å². The molecule has 1 saturated carbocycles. The van der Waals surface area contributed by atoms with Gasteiger partial charge in [-0.25, -0.2) is 0 Å². The molecule has 2 bridgehead atoms. The number of aliphatic carboxylic acids is 1. The maximum absolute atomic E-state index is 11.8. The van der Waals surface area contributed by atoms with Crippen LogP contribution in [0, 0.1) is 17.8 Å². The standard InChI is InChI=1S/C38H58O4/c39-38(40)37-29-28-35-33-36(37)27-23-20-18-16-14-12-10-8-6-4-2-1-3-5-7-9-11-13-15-17-19-21-24-30-41-31-25-22-26-32-42-34-35/h1-8,10,12,14,16,18,20,35-37H,9,11,13,15,17,19,21-34H2,(H,39,40)/b3-1+,4-2+,7-5+,8-6+,12-10-,16-14+,20-18+. The third kappa shape index (κ3) is 19.6. The minimum atomic E-state index is -0.633. The van der Waals surface area contributed by atoms with Crippen molar-refractivity contribution in [2.45, 2.75) is 103 Å². The van der Waals surface area contributed by atoms with Crippen LogP contribution in [-0.4, -0.2) is 37.5 Å². The van der Waals surface area contributed by atoms with Crippen molar-refractivity contribution in [3.63, 3.8) is 0 Å². The van der Waals surface area contributed by atoms with Crippen molar-refractivity contribution >= 4 is 5.97 Å². The number of carboxylic acid groups (broad SMARTS) is 1. The van der Waals surface area contributed by atoms with Crippen molar-refractivity contribution in [3.05, 3.63) is 85.1 Å². The van der Waals surface area contributed by atoms with Gasteiger partial charge < -0.3 is 14.6 Å². The van der Waals surface area contributed by atoms with Gasteiger partial charge in [0.05, 0.1) is 5.92 Å². The fourth-order valence-corrected chi connectivity index (χ4v) is 5.75. The highest BCUT2D eigenvalue weighted by Gasteiger charge is 2.34. The summed E-state index contributed by atoms with van der Waals surface area (Å²) in [6.45, 7) is 3.32. The van der Waals surface area contributed by atoms with Crippen LogP contribution in [0.2, 0.25) is 0 Å². The van der Waals surface area contributed by atoms with E-state index in [0.29, 0.717) is 5.92 Å². The molecule has 1 aliphatic carbocycles. The molecule has 0 aromatic carbocycles. The van der Waals surface area contributed by atoms with Crippen LogP contribution in [0.15, 0.2) is 85.1 Å². The van der Waals surface area contributed by atoms with Gasteiger partial charge in [0.2, 0.25) is 0 Å². The van der Waals surface area contributed by atoms with Gasteiger partial charge in [-0.15, -0.1) is 0 Å². The lowest BCUT2D eigenvalue weighted by Gasteiger charge is -2.33. The molecule has 1 N–H and O–H groups in total. The number of carboxylic acids is 1. The van der Waals surface area contributed by atoms with Crippen LogP contribution >= 0.6 is 0 Å². The topological polar surface area (TPSA) is 55.8 Å². The minimum absolute atomic E-state index is 0.216. The highest BCUT2D eigenvalue weighted by Crippen LogP contribution is 2.37. The van der Waals surface area contributed by atoms with E-state index in [4.69, 9.17) is 9.47 Å². The molecule has 1 fully saturated rings. The van der Waals surface area contributed by atoms with E-state index in [2.05, 4.69) is 36.5 Å². The second-order valence-electron chi connectivity index (χ2n) is 11.8. The van der Waals surface area contributed by atoms with Crippen molar-refractivity contribution in [1.82, 2.24) is 0 Å². The Labute approximate surface area is 257 Å². The van der Waals surface area contributed by atoms with E-state index in [1.165, 1.54) is 44.9 Å². The molecule has 0 spiro atoms. The van der Waals surface area contributed by atoms with Crippen molar-refractivity contribution < 1.29 is 19.4 Å². The van der Waals surface area contributed by atoms with Crippen LogP contribution in [-0.2, 0) is 14.3 Å². The Kier molecular flexibility index (Phi) is 22.3. The van der Waals surface area contributed by atoms with Gasteiger partial charge in [0.15, 0.2) is 0 Å². The Morgan fingerprint density at radius 1 is 0.524 bits per heavy atom. The predicted octanol–water partition coefficient (Wildman–Crippen LogP) is 10.1. The van der Waals surface area contributed by atoms with Crippen molar-refractivity contribution in [2.24, 2.45) is 17.8 Å². The van der Waals surface area contributed by atoms with Crippen LogP contribution in [0.25, 0.3) is 0 Å². The zero-order valence-electron chi connectivity index (χ0n) is 26.1. The second kappa shape index (κ2) is 26.2. The molecule has 1 heterocycles. The van der Waals surface area contributed by atoms with Crippen LogP contribution < -0.4 is 0 Å². The summed E-state index contributed by atoms with van der Waals surface area (Å²) in [6.07, 6.45) is 47.1. The summed E-state index contributed by atoms with van der Waals surface area (Å²) in [6, 6.07) is 0. The van der Waals surface area contributed by atoms with E-state index in [0.717, 1.165) is 84.2 Å². The fourth-order valence-electron chi connectivity index (χ4n) is 5.75. The Bertz CT molecular complexity index is 876. The molecule has 4 nitrogen and oxygen atoms in total. The molecule has 3 atom stereocenters. The molecule has 0 saturated heterocycles. The van der Waals surface area contributed by atoms with E-state index in [-0.39, 0.29) is 11.8 Å². The summed E-state index contributed by atoms with van der Waals surface area (Å²) >= 11 is 0. The molecule has 0 radical (unpaired) electrons. The summed E-state index contributed by atoms with van der Waals surface area (Å²) in [5.74, 6) is -0.134. The molecule has 0 aromatic rings. The Morgan fingerprint density at radius 2 is 1.00 bits per heavy atom. The van der Waals surface area contributed by atoms with Gasteiger partial charge in [-0.2, -0.15) is 0 Å². The van der Waals surface area contributed by atoms with E-state index >= 15 is 0 Å². The van der Waals surface area contributed by atoms with Gasteiger partial charge in [-0.1, -0.05) is 117 Å². The number of hydrogen-bond donors (Lipinski definition) is 1. The van der Waals surface area contributed by atoms with Gasteiger partial charge in [0.25, 0.3) is 0 Å². The molecule has 1 aliphatic heterocycles. The van der Waals surface area contributed by atoms with Gasteiger partial charge in [0.1, 0.15) is 0 Å². The quantitative estimate of drug-likeness (QED) is 0.336. The first-order chi connectivity index (χ1) is 20.8. The zero-order valence-corrected chi connectivity index (χ0v) is 26.1. The Morgan fingerprint density at radius 3 is 1.60 bits per heavy atom. The van der Waals surface area contributed by atoms with E-state index in [1.807, 2.05) is 48.6 Å². The minimum Gasteiger partial charge on any atom is -0.481 e. The average Bonchev–Trinajstić information content (AvgIpc) is 2.99. The number of carbonyl (C=O) groups is 1. The maximum Gasteiger partial charge on any atom is 0.306 e. The summed E-state index contributed by atoms with van der Waals surface area (Å²) < 4.78 is 11.8. The first kappa shape index (κ1) is 35.8. The lowest BCUT2D eigenvalue weighted by molar-refractivity contribution is -0.145. The largest absolute Gasteiger partial charge is 0.481 e. The fraction of sp³-hybridized carbons (Fsp3) is 0.605. The maximum atomic E-state index is 11.8. The molecule has 2 aliphatic rings. The highest BCUT2D eigenvalue weighted by atomic mass is 16.5. The third-order valence-corrected chi connectivity index (χ3v) is 8.20. The van der Waals surface area contributed by atoms with Crippen LogP contribution in [0.5, 0.6) is 0 Å². The van der Waals surface area contributed by atoms with Crippen LogP contribution in [0.1, 0.15) is 103 Å². The van der Waals surface area contributed by atoms with E-state index in [1.54, 1.807) is 0 Å². The third-order valence-electron chi connectivity index (χ3n) is 8.20. The summed E-state index contributed by atoms with van der Waals surface area (Å²) in [5.41, 5.74) is 0. The molecular formula is C38H58O4. The molecular weight excluding hydrogens is 520 g/mol. The SMILES string of the molecule is O=C(O)C1CCC2COCCCCCOCCCCCCCCC/C=C/C=C/C=C/C=C/C=C\C=C\C=C\CCC1C2. The van der Waals surface area contributed by atoms with Gasteiger partial charge >= 0.3 is 5.97 Å². The Hall–Kier alpha value is -2.43. The Balaban J connectivity index is 1.77. The van der Waals surface area contributed by atoms with E-state index in [9.17, 15) is 9.90 Å². The second-order valence-corrected chi connectivity index (χ2v) is 11.8. The number of allylic oxidation sites excluding steroid dienone is 14.